The molecule has 156 valence electrons. The zero-order valence-corrected chi connectivity index (χ0v) is 15.3. The molecule has 0 aromatic carbocycles. The van der Waals surface area contributed by atoms with Gasteiger partial charge in [-0.1, -0.05) is 0 Å². The van der Waals surface area contributed by atoms with Gasteiger partial charge in [-0.3, -0.25) is 14.7 Å². The zero-order chi connectivity index (χ0) is 21.1. The number of carboxylic acid groups (broad SMARTS) is 1. The molecule has 0 radical (unpaired) electrons. The lowest BCUT2D eigenvalue weighted by atomic mass is 10.1. The van der Waals surface area contributed by atoms with Gasteiger partial charge in [0.15, 0.2) is 5.82 Å². The Bertz CT molecular complexity index is 714. The molecule has 2 fully saturated rings. The molecule has 2 atom stereocenters. The third kappa shape index (κ3) is 5.16. The summed E-state index contributed by atoms with van der Waals surface area (Å²) in [5, 5.41) is 7.12. The summed E-state index contributed by atoms with van der Waals surface area (Å²) < 4.78 is 51.2. The van der Waals surface area contributed by atoms with Gasteiger partial charge in [0.1, 0.15) is 0 Å². The van der Waals surface area contributed by atoms with E-state index < -0.39 is 18.0 Å². The first-order chi connectivity index (χ1) is 13.0. The summed E-state index contributed by atoms with van der Waals surface area (Å²) in [6, 6.07) is 2.04. The molecule has 0 unspecified atom stereocenters. The van der Waals surface area contributed by atoms with Gasteiger partial charge < -0.3 is 14.7 Å². The van der Waals surface area contributed by atoms with Crippen molar-refractivity contribution in [3.63, 3.8) is 0 Å². The number of carbonyl (C=O) groups is 2. The van der Waals surface area contributed by atoms with Gasteiger partial charge in [0.05, 0.1) is 30.5 Å². The first-order valence-electron chi connectivity index (χ1n) is 8.58. The van der Waals surface area contributed by atoms with Crippen LogP contribution < -0.4 is 0 Å². The average molecular weight is 407 g/mol. The van der Waals surface area contributed by atoms with Crippen molar-refractivity contribution in [3.8, 4) is 0 Å². The van der Waals surface area contributed by atoms with Gasteiger partial charge >= 0.3 is 12.1 Å². The van der Waals surface area contributed by atoms with E-state index in [0.717, 1.165) is 12.7 Å². The van der Waals surface area contributed by atoms with Crippen molar-refractivity contribution in [2.24, 2.45) is 0 Å². The van der Waals surface area contributed by atoms with E-state index >= 15 is 0 Å². The monoisotopic (exact) mass is 407 g/mol. The van der Waals surface area contributed by atoms with E-state index in [1.165, 1.54) is 12.3 Å². The molecule has 1 aromatic rings. The number of hydrogen-bond acceptors (Lipinski definition) is 5. The topological polar surface area (TPSA) is 83.0 Å². The Morgan fingerprint density at radius 1 is 1.32 bits per heavy atom. The number of nitrogens with zero attached hydrogens (tertiary/aromatic N) is 3. The van der Waals surface area contributed by atoms with Crippen molar-refractivity contribution < 1.29 is 37.0 Å². The minimum atomic E-state index is -5.08. The number of fused-ring (bicyclic) bond motifs is 1. The second-order valence-corrected chi connectivity index (χ2v) is 6.68. The third-order valence-corrected chi connectivity index (χ3v) is 4.54. The van der Waals surface area contributed by atoms with Crippen LogP contribution >= 0.6 is 0 Å². The number of likely N-dealkylation sites (tertiary alicyclic amines) is 1. The van der Waals surface area contributed by atoms with E-state index in [1.54, 1.807) is 4.90 Å². The SMILES string of the molecule is CC(C)N1CCO[C@H]2CN(C(=O)c3ccncc3F)C[C@H]21.O=C(O)C(F)(F)F. The minimum absolute atomic E-state index is 0.0231. The van der Waals surface area contributed by atoms with E-state index in [9.17, 15) is 22.4 Å². The lowest BCUT2D eigenvalue weighted by molar-refractivity contribution is -0.192. The van der Waals surface area contributed by atoms with E-state index in [2.05, 4.69) is 23.7 Å². The highest BCUT2D eigenvalue weighted by molar-refractivity contribution is 5.94. The van der Waals surface area contributed by atoms with Crippen molar-refractivity contribution in [2.75, 3.05) is 26.2 Å². The highest BCUT2D eigenvalue weighted by Crippen LogP contribution is 2.26. The van der Waals surface area contributed by atoms with Crippen LogP contribution in [0.25, 0.3) is 0 Å². The maximum atomic E-state index is 13.7. The fourth-order valence-electron chi connectivity index (χ4n) is 3.24. The fourth-order valence-corrected chi connectivity index (χ4v) is 3.24. The number of carbonyl (C=O) groups excluding carboxylic acids is 1. The summed E-state index contributed by atoms with van der Waals surface area (Å²) in [6.45, 7) is 6.97. The smallest absolute Gasteiger partial charge is 0.475 e. The number of ether oxygens (including phenoxy) is 1. The number of amides is 1. The Morgan fingerprint density at radius 3 is 2.50 bits per heavy atom. The van der Waals surface area contributed by atoms with Crippen LogP contribution in [-0.4, -0.2) is 82.4 Å². The molecule has 2 saturated heterocycles. The molecule has 7 nitrogen and oxygen atoms in total. The highest BCUT2D eigenvalue weighted by Gasteiger charge is 2.43. The Balaban J connectivity index is 0.000000345. The molecule has 0 spiro atoms. The summed E-state index contributed by atoms with van der Waals surface area (Å²) in [7, 11) is 0. The molecule has 0 aliphatic carbocycles. The van der Waals surface area contributed by atoms with Gasteiger partial charge in [-0.2, -0.15) is 13.2 Å². The van der Waals surface area contributed by atoms with E-state index in [1.807, 2.05) is 0 Å². The average Bonchev–Trinajstić information content (AvgIpc) is 3.05. The number of rotatable bonds is 2. The van der Waals surface area contributed by atoms with Crippen LogP contribution in [0.1, 0.15) is 24.2 Å². The van der Waals surface area contributed by atoms with E-state index in [4.69, 9.17) is 14.6 Å². The van der Waals surface area contributed by atoms with Gasteiger partial charge in [0.25, 0.3) is 5.91 Å². The Labute approximate surface area is 158 Å². The fraction of sp³-hybridized carbons (Fsp3) is 0.588. The summed E-state index contributed by atoms with van der Waals surface area (Å²) in [5.41, 5.74) is 0.0831. The van der Waals surface area contributed by atoms with Crippen LogP contribution in [-0.2, 0) is 9.53 Å². The normalized spacial score (nSPS) is 22.5. The highest BCUT2D eigenvalue weighted by atomic mass is 19.4. The summed E-state index contributed by atoms with van der Waals surface area (Å²) in [4.78, 5) is 29.1. The van der Waals surface area contributed by atoms with Crippen LogP contribution in [0.4, 0.5) is 17.6 Å². The van der Waals surface area contributed by atoms with Crippen LogP contribution in [0.3, 0.4) is 0 Å². The van der Waals surface area contributed by atoms with Crippen molar-refractivity contribution in [1.82, 2.24) is 14.8 Å². The number of hydrogen-bond donors (Lipinski definition) is 1. The lowest BCUT2D eigenvalue weighted by Gasteiger charge is -2.39. The standard InChI is InChI=1S/C15H20FN3O2.C2HF3O2/c1-10(2)19-5-6-21-14-9-18(8-13(14)19)15(20)11-3-4-17-7-12(11)16;3-2(4,5)1(6)7/h3-4,7,10,13-14H,5-6,8-9H2,1-2H3;(H,6,7)/t13-,14+;/m1./s1. The van der Waals surface area contributed by atoms with Crippen LogP contribution in [0.5, 0.6) is 0 Å². The first kappa shape index (κ1) is 22.0. The number of pyridine rings is 1. The number of morpholine rings is 1. The van der Waals surface area contributed by atoms with Crippen LogP contribution in [0.15, 0.2) is 18.5 Å². The summed E-state index contributed by atoms with van der Waals surface area (Å²) >= 11 is 0. The molecule has 11 heteroatoms. The molecular formula is C17H21F4N3O4. The van der Waals surface area contributed by atoms with Gasteiger partial charge in [-0.15, -0.1) is 0 Å². The van der Waals surface area contributed by atoms with Crippen molar-refractivity contribution in [3.05, 3.63) is 29.8 Å². The molecule has 3 rings (SSSR count). The molecule has 2 aliphatic heterocycles. The first-order valence-corrected chi connectivity index (χ1v) is 8.58. The van der Waals surface area contributed by atoms with E-state index in [0.29, 0.717) is 25.7 Å². The largest absolute Gasteiger partial charge is 0.490 e. The molecule has 1 amide bonds. The summed E-state index contributed by atoms with van der Waals surface area (Å²) in [6.07, 6.45) is -2.54. The van der Waals surface area contributed by atoms with Gasteiger partial charge in [0, 0.05) is 31.9 Å². The van der Waals surface area contributed by atoms with Gasteiger partial charge in [-0.25, -0.2) is 9.18 Å². The summed E-state index contributed by atoms with van der Waals surface area (Å²) in [5.74, 6) is -3.61. The number of carboxylic acids is 1. The Kier molecular flexibility index (Phi) is 6.94. The predicted octanol–water partition coefficient (Wildman–Crippen LogP) is 1.79. The number of aliphatic carboxylic acids is 1. The molecule has 1 aromatic heterocycles. The molecule has 0 saturated carbocycles. The van der Waals surface area contributed by atoms with Crippen molar-refractivity contribution >= 4 is 11.9 Å². The molecule has 28 heavy (non-hydrogen) atoms. The van der Waals surface area contributed by atoms with Gasteiger partial charge in [-0.05, 0) is 19.9 Å². The second-order valence-electron chi connectivity index (χ2n) is 6.68. The van der Waals surface area contributed by atoms with Gasteiger partial charge in [0.2, 0.25) is 0 Å². The minimum Gasteiger partial charge on any atom is -0.475 e. The number of halogens is 4. The Hall–Kier alpha value is -2.27. The molecule has 1 N–H and O–H groups in total. The molecule has 3 heterocycles. The zero-order valence-electron chi connectivity index (χ0n) is 15.3. The van der Waals surface area contributed by atoms with Crippen molar-refractivity contribution in [2.45, 2.75) is 38.2 Å². The molecule has 0 bridgehead atoms. The number of aromatic nitrogens is 1. The second kappa shape index (κ2) is 8.82. The van der Waals surface area contributed by atoms with Crippen LogP contribution in [0.2, 0.25) is 0 Å². The third-order valence-electron chi connectivity index (χ3n) is 4.54. The van der Waals surface area contributed by atoms with Crippen molar-refractivity contribution in [1.29, 1.82) is 0 Å². The molecular weight excluding hydrogens is 386 g/mol. The van der Waals surface area contributed by atoms with Crippen LogP contribution in [0, 0.1) is 5.82 Å². The maximum absolute atomic E-state index is 13.7. The maximum Gasteiger partial charge on any atom is 0.490 e. The quantitative estimate of drug-likeness (QED) is 0.753. The van der Waals surface area contributed by atoms with E-state index in [-0.39, 0.29) is 23.6 Å². The predicted molar refractivity (Wildman–Crippen MR) is 89.2 cm³/mol. The lowest BCUT2D eigenvalue weighted by Crippen LogP contribution is -2.53. The molecule has 2 aliphatic rings. The Morgan fingerprint density at radius 2 is 1.96 bits per heavy atom. The number of alkyl halides is 3.